The molecule has 3 atom stereocenters. The fourth-order valence-electron chi connectivity index (χ4n) is 5.28. The number of benzene rings is 2. The van der Waals surface area contributed by atoms with Gasteiger partial charge in [-0.25, -0.2) is 0 Å². The first kappa shape index (κ1) is 24.6. The van der Waals surface area contributed by atoms with E-state index in [-0.39, 0.29) is 17.4 Å². The molecule has 2 N–H and O–H groups in total. The first-order chi connectivity index (χ1) is 17.4. The van der Waals surface area contributed by atoms with Crippen LogP contribution in [0.3, 0.4) is 0 Å². The van der Waals surface area contributed by atoms with E-state index >= 15 is 0 Å². The molecule has 0 bridgehead atoms. The minimum absolute atomic E-state index is 0.101. The number of rotatable bonds is 8. The van der Waals surface area contributed by atoms with Gasteiger partial charge in [-0.2, -0.15) is 0 Å². The van der Waals surface area contributed by atoms with Crippen LogP contribution in [0.4, 0.5) is 0 Å². The van der Waals surface area contributed by atoms with Crippen LogP contribution in [0.5, 0.6) is 0 Å². The standard InChI is InChI=1S/C32H34N2OS/c1-20-8-11-26(12-9-20)36-15-14-29(33)32(35)25-16-22(3)31-28(19-25)27-18-23(10-13-30(27)34-31)17-24-7-5-4-6-21(24)2/h4-13,18-19,21-22,24,33-34H,14-17H2,1-3H3. The molecular weight excluding hydrogens is 460 g/mol. The van der Waals surface area contributed by atoms with Crippen molar-refractivity contribution in [2.45, 2.75) is 50.8 Å². The molecule has 0 fully saturated rings. The molecule has 0 saturated carbocycles. The van der Waals surface area contributed by atoms with E-state index in [0.717, 1.165) is 28.8 Å². The number of carbonyl (C=O) groups is 1. The van der Waals surface area contributed by atoms with Crippen LogP contribution in [0, 0.1) is 24.2 Å². The molecule has 1 heterocycles. The number of H-pyrrole nitrogens is 1. The number of aromatic amines is 1. The van der Waals surface area contributed by atoms with Crippen molar-refractivity contribution in [2.24, 2.45) is 11.8 Å². The van der Waals surface area contributed by atoms with E-state index in [1.165, 1.54) is 27.1 Å². The number of Topliss-reactive ketones (excluding diaryl/α,β-unsaturated/α-hetero) is 1. The molecule has 0 radical (unpaired) electrons. The molecule has 2 aliphatic carbocycles. The van der Waals surface area contributed by atoms with Gasteiger partial charge in [0.05, 0.1) is 5.71 Å². The van der Waals surface area contributed by atoms with Crippen molar-refractivity contribution in [3.63, 3.8) is 0 Å². The molecule has 1 aromatic heterocycles. The third-order valence-electron chi connectivity index (χ3n) is 7.51. The van der Waals surface area contributed by atoms with Gasteiger partial charge in [0.25, 0.3) is 0 Å². The predicted octanol–water partition coefficient (Wildman–Crippen LogP) is 8.06. The quantitative estimate of drug-likeness (QED) is 0.246. The lowest BCUT2D eigenvalue weighted by atomic mass is 9.83. The molecule has 3 nitrogen and oxygen atoms in total. The molecule has 3 aromatic rings. The van der Waals surface area contributed by atoms with E-state index < -0.39 is 0 Å². The maximum atomic E-state index is 13.2. The van der Waals surface area contributed by atoms with Crippen molar-refractivity contribution < 1.29 is 4.79 Å². The number of nitrogens with one attached hydrogen (secondary N) is 2. The second kappa shape index (κ2) is 10.5. The van der Waals surface area contributed by atoms with E-state index in [1.54, 1.807) is 11.8 Å². The van der Waals surface area contributed by atoms with Crippen molar-refractivity contribution in [3.8, 4) is 0 Å². The molecule has 2 aromatic carbocycles. The summed E-state index contributed by atoms with van der Waals surface area (Å²) in [6.45, 7) is 6.53. The van der Waals surface area contributed by atoms with Crippen LogP contribution in [0.1, 0.15) is 55.0 Å². The number of aryl methyl sites for hydroxylation is 1. The lowest BCUT2D eigenvalue weighted by Gasteiger charge is -2.21. The third kappa shape index (κ3) is 5.19. The zero-order valence-electron chi connectivity index (χ0n) is 21.3. The molecule has 184 valence electrons. The highest BCUT2D eigenvalue weighted by Gasteiger charge is 2.27. The summed E-state index contributed by atoms with van der Waals surface area (Å²) < 4.78 is 0. The molecule has 2 aliphatic rings. The van der Waals surface area contributed by atoms with Crippen LogP contribution in [0.25, 0.3) is 17.0 Å². The molecule has 4 heteroatoms. The zero-order chi connectivity index (χ0) is 25.2. The number of hydrogen-bond acceptors (Lipinski definition) is 3. The van der Waals surface area contributed by atoms with Crippen molar-refractivity contribution in [3.05, 3.63) is 94.7 Å². The zero-order valence-corrected chi connectivity index (χ0v) is 22.1. The van der Waals surface area contributed by atoms with Gasteiger partial charge in [0, 0.05) is 50.7 Å². The lowest BCUT2D eigenvalue weighted by molar-refractivity contribution is -0.110. The summed E-state index contributed by atoms with van der Waals surface area (Å²) in [7, 11) is 0. The molecule has 0 saturated heterocycles. The molecule has 5 rings (SSSR count). The first-order valence-electron chi connectivity index (χ1n) is 12.9. The number of carbonyl (C=O) groups excluding carboxylic acids is 1. The van der Waals surface area contributed by atoms with Crippen molar-refractivity contribution in [2.75, 3.05) is 5.75 Å². The van der Waals surface area contributed by atoms with Gasteiger partial charge in [0.15, 0.2) is 0 Å². The second-order valence-electron chi connectivity index (χ2n) is 10.3. The Morgan fingerprint density at radius 1 is 1.08 bits per heavy atom. The van der Waals surface area contributed by atoms with Crippen molar-refractivity contribution >= 4 is 40.2 Å². The number of thioether (sulfide) groups is 1. The summed E-state index contributed by atoms with van der Waals surface area (Å²) >= 11 is 1.70. The fraction of sp³-hybridized carbons (Fsp3) is 0.312. The lowest BCUT2D eigenvalue weighted by Crippen LogP contribution is -2.19. The Morgan fingerprint density at radius 3 is 2.64 bits per heavy atom. The highest BCUT2D eigenvalue weighted by molar-refractivity contribution is 7.99. The monoisotopic (exact) mass is 494 g/mol. The normalized spacial score (nSPS) is 20.9. The highest BCUT2D eigenvalue weighted by atomic mass is 32.2. The average molecular weight is 495 g/mol. The largest absolute Gasteiger partial charge is 0.358 e. The summed E-state index contributed by atoms with van der Waals surface area (Å²) in [5, 5.41) is 9.66. The minimum atomic E-state index is -0.101. The summed E-state index contributed by atoms with van der Waals surface area (Å²) in [6.07, 6.45) is 13.1. The fourth-order valence-corrected chi connectivity index (χ4v) is 6.15. The molecule has 36 heavy (non-hydrogen) atoms. The molecule has 0 spiro atoms. The number of fused-ring (bicyclic) bond motifs is 3. The first-order valence-corrected chi connectivity index (χ1v) is 13.9. The van der Waals surface area contributed by atoms with Gasteiger partial charge in [-0.3, -0.25) is 4.79 Å². The minimum Gasteiger partial charge on any atom is -0.358 e. The summed E-state index contributed by atoms with van der Waals surface area (Å²) in [4.78, 5) is 18.0. The Morgan fingerprint density at radius 2 is 1.86 bits per heavy atom. The Bertz CT molecular complexity index is 1390. The summed E-state index contributed by atoms with van der Waals surface area (Å²) in [6, 6.07) is 15.1. The SMILES string of the molecule is Cc1ccc(SCCC(=N)C(=O)C2=Cc3c([nH]c4ccc(CC5C=CC=CC5C)cc34)C(C)C2)cc1. The number of allylic oxidation sites excluding steroid dienone is 5. The number of hydrogen-bond donors (Lipinski definition) is 2. The molecular formula is C32H34N2OS. The van der Waals surface area contributed by atoms with Gasteiger partial charge in [-0.15, -0.1) is 11.8 Å². The average Bonchev–Trinajstić information content (AvgIpc) is 3.25. The van der Waals surface area contributed by atoms with Gasteiger partial charge in [0.2, 0.25) is 5.78 Å². The van der Waals surface area contributed by atoms with Gasteiger partial charge >= 0.3 is 0 Å². The Hall–Kier alpha value is -3.11. The van der Waals surface area contributed by atoms with E-state index in [2.05, 4.69) is 92.5 Å². The highest BCUT2D eigenvalue weighted by Crippen LogP contribution is 2.38. The topological polar surface area (TPSA) is 56.7 Å². The number of ketones is 1. The Labute approximate surface area is 218 Å². The van der Waals surface area contributed by atoms with Crippen LogP contribution >= 0.6 is 11.8 Å². The predicted molar refractivity (Wildman–Crippen MR) is 153 cm³/mol. The van der Waals surface area contributed by atoms with E-state index in [0.29, 0.717) is 24.7 Å². The maximum Gasteiger partial charge on any atom is 0.202 e. The Kier molecular flexibility index (Phi) is 7.15. The summed E-state index contributed by atoms with van der Waals surface area (Å²) in [5.74, 6) is 1.90. The Balaban J connectivity index is 1.32. The van der Waals surface area contributed by atoms with Crippen LogP contribution < -0.4 is 0 Å². The molecule has 3 unspecified atom stereocenters. The maximum absolute atomic E-state index is 13.2. The van der Waals surface area contributed by atoms with Gasteiger partial charge < -0.3 is 10.4 Å². The van der Waals surface area contributed by atoms with Crippen LogP contribution in [-0.4, -0.2) is 22.2 Å². The van der Waals surface area contributed by atoms with Gasteiger partial charge in [-0.05, 0) is 67.5 Å². The van der Waals surface area contributed by atoms with Crippen molar-refractivity contribution in [1.82, 2.24) is 4.98 Å². The van der Waals surface area contributed by atoms with Crippen molar-refractivity contribution in [1.29, 1.82) is 5.41 Å². The summed E-state index contributed by atoms with van der Waals surface area (Å²) in [5.41, 5.74) is 6.99. The van der Waals surface area contributed by atoms with E-state index in [9.17, 15) is 4.79 Å². The van der Waals surface area contributed by atoms with Crippen LogP contribution in [0.2, 0.25) is 0 Å². The molecule has 0 aliphatic heterocycles. The van der Waals surface area contributed by atoms with E-state index in [4.69, 9.17) is 5.41 Å². The van der Waals surface area contributed by atoms with E-state index in [1.807, 2.05) is 6.08 Å². The second-order valence-corrected chi connectivity index (χ2v) is 11.5. The van der Waals surface area contributed by atoms with Crippen LogP contribution in [0.15, 0.2) is 77.2 Å². The van der Waals surface area contributed by atoms with Gasteiger partial charge in [0.1, 0.15) is 0 Å². The number of aromatic nitrogens is 1. The van der Waals surface area contributed by atoms with Crippen LogP contribution in [-0.2, 0) is 11.2 Å². The van der Waals surface area contributed by atoms with Gasteiger partial charge in [-0.1, -0.05) is 61.9 Å². The smallest absolute Gasteiger partial charge is 0.202 e. The molecule has 0 amide bonds. The third-order valence-corrected chi connectivity index (χ3v) is 8.52.